The number of methoxy groups -OCH3 is 2. The maximum Gasteiger partial charge on any atom is 0.333 e. The van der Waals surface area contributed by atoms with E-state index in [-0.39, 0.29) is 31.0 Å². The third-order valence-corrected chi connectivity index (χ3v) is 3.08. The Hall–Kier alpha value is -0.850. The SMILES string of the molecule is COCC(C)(NC(=O)CC1CCCN1)C(=O)OC.Cl. The summed E-state index contributed by atoms with van der Waals surface area (Å²) in [6.07, 6.45) is 2.45. The average molecular weight is 295 g/mol. The number of nitrogens with one attached hydrogen (secondary N) is 2. The number of carbonyl (C=O) groups excluding carboxylic acids is 2. The summed E-state index contributed by atoms with van der Waals surface area (Å²) in [6, 6.07) is 0.203. The zero-order valence-electron chi connectivity index (χ0n) is 11.7. The molecule has 1 saturated heterocycles. The van der Waals surface area contributed by atoms with Crippen LogP contribution in [0.4, 0.5) is 0 Å². The molecule has 2 atom stereocenters. The van der Waals surface area contributed by atoms with Gasteiger partial charge in [-0.1, -0.05) is 0 Å². The van der Waals surface area contributed by atoms with Crippen molar-refractivity contribution >= 4 is 24.3 Å². The van der Waals surface area contributed by atoms with Crippen molar-refractivity contribution in [2.75, 3.05) is 27.4 Å². The summed E-state index contributed by atoms with van der Waals surface area (Å²) in [5.74, 6) is -0.670. The summed E-state index contributed by atoms with van der Waals surface area (Å²) < 4.78 is 9.66. The number of ether oxygens (including phenoxy) is 2. The second kappa shape index (κ2) is 8.35. The Bertz CT molecular complexity index is 308. The zero-order chi connectivity index (χ0) is 13.6. The minimum Gasteiger partial charge on any atom is -0.467 e. The predicted octanol–water partition coefficient (Wildman–Crippen LogP) is 0.245. The highest BCUT2D eigenvalue weighted by Crippen LogP contribution is 2.11. The number of amides is 1. The first-order valence-electron chi connectivity index (χ1n) is 6.13. The van der Waals surface area contributed by atoms with Crippen LogP contribution in [0.25, 0.3) is 0 Å². The maximum absolute atomic E-state index is 11.9. The van der Waals surface area contributed by atoms with Crippen LogP contribution < -0.4 is 10.6 Å². The highest BCUT2D eigenvalue weighted by atomic mass is 35.5. The lowest BCUT2D eigenvalue weighted by Gasteiger charge is -2.27. The quantitative estimate of drug-likeness (QED) is 0.687. The molecule has 1 fully saturated rings. The molecule has 7 heteroatoms. The van der Waals surface area contributed by atoms with Gasteiger partial charge in [-0.3, -0.25) is 4.79 Å². The van der Waals surface area contributed by atoms with Gasteiger partial charge >= 0.3 is 5.97 Å². The molecule has 2 unspecified atom stereocenters. The number of hydrogen-bond acceptors (Lipinski definition) is 5. The number of esters is 1. The monoisotopic (exact) mass is 294 g/mol. The predicted molar refractivity (Wildman–Crippen MR) is 73.3 cm³/mol. The van der Waals surface area contributed by atoms with Gasteiger partial charge in [-0.05, 0) is 26.3 Å². The molecular formula is C12H23ClN2O4. The number of halogens is 1. The van der Waals surface area contributed by atoms with Gasteiger partial charge in [0.25, 0.3) is 0 Å². The zero-order valence-corrected chi connectivity index (χ0v) is 12.5. The molecule has 1 aliphatic rings. The molecule has 1 aliphatic heterocycles. The lowest BCUT2D eigenvalue weighted by molar-refractivity contribution is -0.152. The van der Waals surface area contributed by atoms with Crippen LogP contribution >= 0.6 is 12.4 Å². The van der Waals surface area contributed by atoms with Gasteiger partial charge in [-0.2, -0.15) is 0 Å². The van der Waals surface area contributed by atoms with Crippen LogP contribution in [-0.4, -0.2) is 50.8 Å². The third kappa shape index (κ3) is 5.34. The minimum atomic E-state index is -1.13. The van der Waals surface area contributed by atoms with Gasteiger partial charge in [0.1, 0.15) is 0 Å². The Morgan fingerprint density at radius 3 is 2.58 bits per heavy atom. The summed E-state index contributed by atoms with van der Waals surface area (Å²) in [7, 11) is 2.77. The number of rotatable bonds is 6. The molecule has 2 N–H and O–H groups in total. The second-order valence-corrected chi connectivity index (χ2v) is 4.80. The average Bonchev–Trinajstić information content (AvgIpc) is 2.80. The first kappa shape index (κ1) is 18.1. The molecule has 1 rings (SSSR count). The van der Waals surface area contributed by atoms with E-state index in [0.717, 1.165) is 19.4 Å². The van der Waals surface area contributed by atoms with E-state index in [9.17, 15) is 9.59 Å². The fourth-order valence-corrected chi connectivity index (χ4v) is 2.17. The van der Waals surface area contributed by atoms with Crippen molar-refractivity contribution in [3.8, 4) is 0 Å². The molecule has 112 valence electrons. The summed E-state index contributed by atoms with van der Waals surface area (Å²) in [4.78, 5) is 23.6. The molecule has 19 heavy (non-hydrogen) atoms. The van der Waals surface area contributed by atoms with E-state index in [1.165, 1.54) is 14.2 Å². The molecule has 0 aromatic carbocycles. The Kier molecular flexibility index (Phi) is 7.97. The summed E-state index contributed by atoms with van der Waals surface area (Å²) in [5.41, 5.74) is -1.13. The fourth-order valence-electron chi connectivity index (χ4n) is 2.17. The molecule has 0 aromatic heterocycles. The van der Waals surface area contributed by atoms with Crippen molar-refractivity contribution < 1.29 is 19.1 Å². The first-order valence-corrected chi connectivity index (χ1v) is 6.13. The van der Waals surface area contributed by atoms with Gasteiger partial charge in [0.2, 0.25) is 5.91 Å². The first-order chi connectivity index (χ1) is 8.51. The Balaban J connectivity index is 0.00000324. The molecule has 0 aromatic rings. The van der Waals surface area contributed by atoms with Gasteiger partial charge in [-0.25, -0.2) is 4.79 Å². The topological polar surface area (TPSA) is 76.7 Å². The number of hydrogen-bond donors (Lipinski definition) is 2. The van der Waals surface area contributed by atoms with Crippen molar-refractivity contribution in [1.29, 1.82) is 0 Å². The Morgan fingerprint density at radius 1 is 1.42 bits per heavy atom. The lowest BCUT2D eigenvalue weighted by Crippen LogP contribution is -2.56. The molecule has 1 amide bonds. The molecular weight excluding hydrogens is 272 g/mol. The van der Waals surface area contributed by atoms with Gasteiger partial charge in [0.15, 0.2) is 5.54 Å². The molecule has 0 spiro atoms. The standard InChI is InChI=1S/C12H22N2O4.ClH/c1-12(8-17-2,11(16)18-3)14-10(15)7-9-5-4-6-13-9;/h9,13H,4-8H2,1-3H3,(H,14,15);1H. The van der Waals surface area contributed by atoms with Gasteiger partial charge in [0, 0.05) is 19.6 Å². The smallest absolute Gasteiger partial charge is 0.333 e. The Labute approximate surface area is 120 Å². The highest BCUT2D eigenvalue weighted by Gasteiger charge is 2.36. The van der Waals surface area contributed by atoms with E-state index in [2.05, 4.69) is 15.4 Å². The van der Waals surface area contributed by atoms with Crippen molar-refractivity contribution in [3.05, 3.63) is 0 Å². The fraction of sp³-hybridized carbons (Fsp3) is 0.833. The molecule has 0 radical (unpaired) electrons. The second-order valence-electron chi connectivity index (χ2n) is 4.80. The largest absolute Gasteiger partial charge is 0.467 e. The van der Waals surface area contributed by atoms with Crippen molar-refractivity contribution in [2.45, 2.75) is 37.8 Å². The highest BCUT2D eigenvalue weighted by molar-refractivity contribution is 5.88. The molecule has 0 saturated carbocycles. The van der Waals surface area contributed by atoms with Crippen LogP contribution in [0.15, 0.2) is 0 Å². The summed E-state index contributed by atoms with van der Waals surface area (Å²) in [6.45, 7) is 2.64. The van der Waals surface area contributed by atoms with E-state index in [1.54, 1.807) is 6.92 Å². The third-order valence-electron chi connectivity index (χ3n) is 3.08. The van der Waals surface area contributed by atoms with Crippen LogP contribution in [-0.2, 0) is 19.1 Å². The van der Waals surface area contributed by atoms with Gasteiger partial charge in [-0.15, -0.1) is 12.4 Å². The summed E-state index contributed by atoms with van der Waals surface area (Å²) in [5, 5.41) is 5.93. The van der Waals surface area contributed by atoms with Gasteiger partial charge in [0.05, 0.1) is 13.7 Å². The van der Waals surface area contributed by atoms with E-state index >= 15 is 0 Å². The van der Waals surface area contributed by atoms with Crippen molar-refractivity contribution in [2.24, 2.45) is 0 Å². The van der Waals surface area contributed by atoms with Crippen LogP contribution in [0.1, 0.15) is 26.2 Å². The van der Waals surface area contributed by atoms with Crippen LogP contribution in [0, 0.1) is 0 Å². The van der Waals surface area contributed by atoms with Crippen LogP contribution in [0.5, 0.6) is 0 Å². The molecule has 1 heterocycles. The van der Waals surface area contributed by atoms with Gasteiger partial charge < -0.3 is 20.1 Å². The normalized spacial score (nSPS) is 21.1. The molecule has 0 aliphatic carbocycles. The van der Waals surface area contributed by atoms with E-state index in [1.807, 2.05) is 0 Å². The molecule has 0 bridgehead atoms. The lowest BCUT2D eigenvalue weighted by atomic mass is 10.0. The summed E-state index contributed by atoms with van der Waals surface area (Å²) >= 11 is 0. The van der Waals surface area contributed by atoms with Crippen molar-refractivity contribution in [1.82, 2.24) is 10.6 Å². The van der Waals surface area contributed by atoms with E-state index in [0.29, 0.717) is 6.42 Å². The van der Waals surface area contributed by atoms with Crippen LogP contribution in [0.3, 0.4) is 0 Å². The minimum absolute atomic E-state index is 0. The van der Waals surface area contributed by atoms with Crippen LogP contribution in [0.2, 0.25) is 0 Å². The number of carbonyl (C=O) groups is 2. The maximum atomic E-state index is 11.9. The Morgan fingerprint density at radius 2 is 2.11 bits per heavy atom. The molecule has 6 nitrogen and oxygen atoms in total. The van der Waals surface area contributed by atoms with E-state index < -0.39 is 11.5 Å². The van der Waals surface area contributed by atoms with Crippen molar-refractivity contribution in [3.63, 3.8) is 0 Å². The van der Waals surface area contributed by atoms with E-state index in [4.69, 9.17) is 4.74 Å².